The molecule has 0 spiro atoms. The van der Waals surface area contributed by atoms with Crippen LogP contribution in [0.2, 0.25) is 0 Å². The van der Waals surface area contributed by atoms with Gasteiger partial charge in [0.15, 0.2) is 6.61 Å². The average Bonchev–Trinajstić information content (AvgIpc) is 3.24. The van der Waals surface area contributed by atoms with E-state index in [1.165, 1.54) is 46.4 Å². The number of aryl methyl sites for hydroxylation is 2. The SMILES string of the molecule is O=C(COC(=O)c1cc2c(s1)CCCCC2)NCCc1c[nH]c2ccccc12. The second kappa shape index (κ2) is 8.61. The molecule has 28 heavy (non-hydrogen) atoms. The minimum atomic E-state index is -0.398. The molecular formula is C22H24N2O3S. The van der Waals surface area contributed by atoms with E-state index in [1.54, 1.807) is 0 Å². The summed E-state index contributed by atoms with van der Waals surface area (Å²) in [6, 6.07) is 10.0. The fraction of sp³-hybridized carbons (Fsp3) is 0.364. The molecule has 1 aliphatic carbocycles. The van der Waals surface area contributed by atoms with E-state index in [4.69, 9.17) is 4.74 Å². The van der Waals surface area contributed by atoms with E-state index >= 15 is 0 Å². The van der Waals surface area contributed by atoms with Crippen LogP contribution >= 0.6 is 11.3 Å². The van der Waals surface area contributed by atoms with E-state index in [9.17, 15) is 9.59 Å². The standard InChI is InChI=1S/C22H24N2O3S/c25-21(23-11-10-16-13-24-18-8-5-4-7-17(16)18)14-27-22(26)20-12-15-6-2-1-3-9-19(15)28-20/h4-5,7-8,12-13,24H,1-3,6,9-11,14H2,(H,23,25). The van der Waals surface area contributed by atoms with Crippen molar-refractivity contribution in [3.63, 3.8) is 0 Å². The highest BCUT2D eigenvalue weighted by Crippen LogP contribution is 2.29. The van der Waals surface area contributed by atoms with Crippen LogP contribution in [-0.2, 0) is 28.8 Å². The number of esters is 1. The summed E-state index contributed by atoms with van der Waals surface area (Å²) in [6.07, 6.45) is 8.38. The minimum Gasteiger partial charge on any atom is -0.451 e. The first-order valence-corrected chi connectivity index (χ1v) is 10.6. The van der Waals surface area contributed by atoms with Gasteiger partial charge in [-0.1, -0.05) is 24.6 Å². The first kappa shape index (κ1) is 18.7. The van der Waals surface area contributed by atoms with Crippen LogP contribution in [0.3, 0.4) is 0 Å². The Bertz CT molecular complexity index is 965. The van der Waals surface area contributed by atoms with E-state index in [-0.39, 0.29) is 12.5 Å². The largest absolute Gasteiger partial charge is 0.451 e. The highest BCUT2D eigenvalue weighted by atomic mass is 32.1. The zero-order chi connectivity index (χ0) is 19.3. The van der Waals surface area contributed by atoms with Crippen molar-refractivity contribution in [3.8, 4) is 0 Å². The van der Waals surface area contributed by atoms with Crippen molar-refractivity contribution in [3.05, 3.63) is 57.4 Å². The molecule has 0 bridgehead atoms. The number of carbonyl (C=O) groups excluding carboxylic acids is 2. The zero-order valence-electron chi connectivity index (χ0n) is 15.8. The molecule has 0 saturated heterocycles. The van der Waals surface area contributed by atoms with Gasteiger partial charge < -0.3 is 15.0 Å². The summed E-state index contributed by atoms with van der Waals surface area (Å²) in [5.74, 6) is -0.670. The quantitative estimate of drug-likeness (QED) is 0.488. The number of hydrogen-bond acceptors (Lipinski definition) is 4. The molecule has 5 nitrogen and oxygen atoms in total. The maximum atomic E-state index is 12.3. The molecular weight excluding hydrogens is 372 g/mol. The summed E-state index contributed by atoms with van der Waals surface area (Å²) in [7, 11) is 0. The number of rotatable bonds is 6. The Hall–Kier alpha value is -2.60. The summed E-state index contributed by atoms with van der Waals surface area (Å²) < 4.78 is 5.21. The Morgan fingerprint density at radius 3 is 2.93 bits per heavy atom. The van der Waals surface area contributed by atoms with Crippen molar-refractivity contribution in [2.75, 3.05) is 13.2 Å². The lowest BCUT2D eigenvalue weighted by molar-refractivity contribution is -0.124. The summed E-state index contributed by atoms with van der Waals surface area (Å²) in [6.45, 7) is 0.265. The second-order valence-electron chi connectivity index (χ2n) is 7.16. The predicted molar refractivity (Wildman–Crippen MR) is 111 cm³/mol. The van der Waals surface area contributed by atoms with Crippen molar-refractivity contribution in [2.45, 2.75) is 38.5 Å². The number of benzene rings is 1. The van der Waals surface area contributed by atoms with Crippen molar-refractivity contribution in [1.29, 1.82) is 0 Å². The molecule has 3 aromatic rings. The van der Waals surface area contributed by atoms with Gasteiger partial charge in [-0.15, -0.1) is 11.3 Å². The van der Waals surface area contributed by atoms with Crippen LogP contribution in [0.1, 0.15) is 44.9 Å². The highest BCUT2D eigenvalue weighted by Gasteiger charge is 2.18. The monoisotopic (exact) mass is 396 g/mol. The van der Waals surface area contributed by atoms with Crippen LogP contribution in [0.4, 0.5) is 0 Å². The third-order valence-electron chi connectivity index (χ3n) is 5.17. The molecule has 0 fully saturated rings. The fourth-order valence-electron chi connectivity index (χ4n) is 3.70. The van der Waals surface area contributed by atoms with Gasteiger partial charge in [0.1, 0.15) is 4.88 Å². The van der Waals surface area contributed by atoms with Crippen molar-refractivity contribution >= 4 is 34.1 Å². The molecule has 0 aliphatic heterocycles. The van der Waals surface area contributed by atoms with Crippen molar-refractivity contribution in [1.82, 2.24) is 10.3 Å². The molecule has 0 radical (unpaired) electrons. The molecule has 1 aromatic carbocycles. The number of aromatic amines is 1. The molecule has 2 N–H and O–H groups in total. The number of nitrogens with one attached hydrogen (secondary N) is 2. The van der Waals surface area contributed by atoms with Crippen molar-refractivity contribution in [2.24, 2.45) is 0 Å². The number of fused-ring (bicyclic) bond motifs is 2. The van der Waals surface area contributed by atoms with Gasteiger partial charge in [-0.3, -0.25) is 4.79 Å². The molecule has 146 valence electrons. The molecule has 0 atom stereocenters. The van der Waals surface area contributed by atoms with Gasteiger partial charge in [-0.2, -0.15) is 0 Å². The molecule has 2 heterocycles. The number of H-pyrrole nitrogens is 1. The van der Waals surface area contributed by atoms with E-state index in [1.807, 2.05) is 30.5 Å². The molecule has 0 saturated carbocycles. The Balaban J connectivity index is 1.24. The predicted octanol–water partition coefficient (Wildman–Crippen LogP) is 4.01. The van der Waals surface area contributed by atoms with Crippen LogP contribution in [0.25, 0.3) is 10.9 Å². The van der Waals surface area contributed by atoms with Crippen LogP contribution in [0, 0.1) is 0 Å². The summed E-state index contributed by atoms with van der Waals surface area (Å²) in [5, 5.41) is 3.99. The van der Waals surface area contributed by atoms with Gasteiger partial charge in [0, 0.05) is 28.5 Å². The lowest BCUT2D eigenvalue weighted by Gasteiger charge is -2.06. The summed E-state index contributed by atoms with van der Waals surface area (Å²) >= 11 is 1.52. The first-order valence-electron chi connectivity index (χ1n) is 9.81. The molecule has 6 heteroatoms. The maximum Gasteiger partial charge on any atom is 0.348 e. The molecule has 1 amide bonds. The van der Waals surface area contributed by atoms with Gasteiger partial charge in [0.25, 0.3) is 5.91 Å². The smallest absolute Gasteiger partial charge is 0.348 e. The molecule has 0 unspecified atom stereocenters. The number of para-hydroxylation sites is 1. The van der Waals surface area contributed by atoms with Crippen molar-refractivity contribution < 1.29 is 14.3 Å². The van der Waals surface area contributed by atoms with Gasteiger partial charge in [-0.25, -0.2) is 4.79 Å². The second-order valence-corrected chi connectivity index (χ2v) is 8.29. The fourth-order valence-corrected chi connectivity index (χ4v) is 4.84. The van der Waals surface area contributed by atoms with Crippen LogP contribution in [0.5, 0.6) is 0 Å². The molecule has 1 aliphatic rings. The molecule has 2 aromatic heterocycles. The van der Waals surface area contributed by atoms with Crippen LogP contribution in [-0.4, -0.2) is 30.0 Å². The average molecular weight is 397 g/mol. The Morgan fingerprint density at radius 1 is 1.14 bits per heavy atom. The topological polar surface area (TPSA) is 71.2 Å². The van der Waals surface area contributed by atoms with Gasteiger partial charge in [-0.05, 0) is 55.4 Å². The number of carbonyl (C=O) groups is 2. The number of hydrogen-bond donors (Lipinski definition) is 2. The van der Waals surface area contributed by atoms with E-state index in [2.05, 4.69) is 16.4 Å². The third-order valence-corrected chi connectivity index (χ3v) is 6.39. The van der Waals surface area contributed by atoms with E-state index in [0.29, 0.717) is 11.4 Å². The Morgan fingerprint density at radius 2 is 2.00 bits per heavy atom. The third kappa shape index (κ3) is 4.28. The summed E-state index contributed by atoms with van der Waals surface area (Å²) in [5.41, 5.74) is 3.53. The Labute approximate surface area is 168 Å². The van der Waals surface area contributed by atoms with Gasteiger partial charge in [0.05, 0.1) is 0 Å². The highest BCUT2D eigenvalue weighted by molar-refractivity contribution is 7.14. The zero-order valence-corrected chi connectivity index (χ0v) is 16.6. The number of ether oxygens (including phenoxy) is 1. The van der Waals surface area contributed by atoms with Gasteiger partial charge in [0.2, 0.25) is 0 Å². The lowest BCUT2D eigenvalue weighted by Crippen LogP contribution is -2.30. The molecule has 4 rings (SSSR count). The maximum absolute atomic E-state index is 12.3. The number of aromatic nitrogens is 1. The van der Waals surface area contributed by atoms with E-state index in [0.717, 1.165) is 30.3 Å². The van der Waals surface area contributed by atoms with Crippen LogP contribution in [0.15, 0.2) is 36.5 Å². The summed E-state index contributed by atoms with van der Waals surface area (Å²) in [4.78, 5) is 29.4. The number of amides is 1. The lowest BCUT2D eigenvalue weighted by atomic mass is 10.1. The van der Waals surface area contributed by atoms with Crippen LogP contribution < -0.4 is 5.32 Å². The normalized spacial score (nSPS) is 13.7. The first-order chi connectivity index (χ1) is 13.7. The van der Waals surface area contributed by atoms with E-state index < -0.39 is 5.97 Å². The number of thiophene rings is 1. The minimum absolute atomic E-state index is 0.241. The van der Waals surface area contributed by atoms with Gasteiger partial charge >= 0.3 is 5.97 Å². The Kier molecular flexibility index (Phi) is 5.76.